The molecule has 2 aliphatic rings. The fourth-order valence-electron chi connectivity index (χ4n) is 4.48. The molecule has 8 heteroatoms. The summed E-state index contributed by atoms with van der Waals surface area (Å²) in [6, 6.07) is 8.91. The van der Waals surface area contributed by atoms with E-state index in [2.05, 4.69) is 4.99 Å². The van der Waals surface area contributed by atoms with Crippen LogP contribution in [0.4, 0.5) is 8.78 Å². The molecule has 164 valence electrons. The Labute approximate surface area is 184 Å². The van der Waals surface area contributed by atoms with Gasteiger partial charge in [-0.3, -0.25) is 9.69 Å². The number of benzene rings is 2. The number of halogens is 3. The molecule has 2 aromatic rings. The zero-order chi connectivity index (χ0) is 22.3. The summed E-state index contributed by atoms with van der Waals surface area (Å²) in [6.07, 6.45) is 1.49. The second kappa shape index (κ2) is 8.20. The van der Waals surface area contributed by atoms with Gasteiger partial charge in [0.05, 0.1) is 23.1 Å². The van der Waals surface area contributed by atoms with Crippen molar-refractivity contribution >= 4 is 23.5 Å². The standard InChI is InChI=1S/C23H24ClF2N3O2/c1-13-11-14(9-10-31-13)29-19(30)12-23(2,28-22(29)27)17-7-3-5-15(20(17)24)16-6-4-8-18(25)21(16)26/h3-8,13-14H,9-12H2,1-2H3,(H2,27,28)/t13-,14-,23-/m0/s1. The number of rotatable bonds is 3. The lowest BCUT2D eigenvalue weighted by Gasteiger charge is -2.41. The molecule has 1 amide bonds. The van der Waals surface area contributed by atoms with Crippen LogP contribution in [0.2, 0.25) is 5.02 Å². The number of ether oxygens (including phenoxy) is 1. The molecule has 2 N–H and O–H groups in total. The molecule has 5 nitrogen and oxygen atoms in total. The lowest BCUT2D eigenvalue weighted by molar-refractivity contribution is -0.133. The van der Waals surface area contributed by atoms with Gasteiger partial charge < -0.3 is 10.5 Å². The van der Waals surface area contributed by atoms with Crippen molar-refractivity contribution in [2.45, 2.75) is 50.8 Å². The van der Waals surface area contributed by atoms with Gasteiger partial charge in [0.25, 0.3) is 0 Å². The van der Waals surface area contributed by atoms with Crippen molar-refractivity contribution in [1.29, 1.82) is 0 Å². The van der Waals surface area contributed by atoms with E-state index < -0.39 is 17.2 Å². The molecule has 4 rings (SSSR count). The Morgan fingerprint density at radius 2 is 1.94 bits per heavy atom. The van der Waals surface area contributed by atoms with Crippen LogP contribution in [0.1, 0.15) is 38.7 Å². The molecule has 0 spiro atoms. The van der Waals surface area contributed by atoms with Gasteiger partial charge in [0.15, 0.2) is 17.6 Å². The summed E-state index contributed by atoms with van der Waals surface area (Å²) in [5.74, 6) is -1.94. The van der Waals surface area contributed by atoms with Crippen molar-refractivity contribution in [2.24, 2.45) is 10.7 Å². The predicted molar refractivity (Wildman–Crippen MR) is 116 cm³/mol. The summed E-state index contributed by atoms with van der Waals surface area (Å²) >= 11 is 6.65. The van der Waals surface area contributed by atoms with Crippen LogP contribution in [0.3, 0.4) is 0 Å². The second-order valence-electron chi connectivity index (χ2n) is 8.31. The molecule has 0 aliphatic carbocycles. The van der Waals surface area contributed by atoms with Gasteiger partial charge in [0.2, 0.25) is 5.91 Å². The average molecular weight is 448 g/mol. The Morgan fingerprint density at radius 1 is 1.23 bits per heavy atom. The zero-order valence-electron chi connectivity index (χ0n) is 17.4. The highest BCUT2D eigenvalue weighted by Crippen LogP contribution is 2.42. The smallest absolute Gasteiger partial charge is 0.232 e. The van der Waals surface area contributed by atoms with E-state index in [0.717, 1.165) is 6.07 Å². The molecular weight excluding hydrogens is 424 g/mol. The van der Waals surface area contributed by atoms with Gasteiger partial charge in [0.1, 0.15) is 0 Å². The van der Waals surface area contributed by atoms with E-state index in [-0.39, 0.29) is 41.0 Å². The monoisotopic (exact) mass is 447 g/mol. The maximum atomic E-state index is 14.4. The average Bonchev–Trinajstić information content (AvgIpc) is 2.70. The van der Waals surface area contributed by atoms with Gasteiger partial charge >= 0.3 is 0 Å². The number of guanidine groups is 1. The van der Waals surface area contributed by atoms with Gasteiger partial charge in [-0.25, -0.2) is 13.8 Å². The van der Waals surface area contributed by atoms with E-state index in [4.69, 9.17) is 22.1 Å². The van der Waals surface area contributed by atoms with Crippen molar-refractivity contribution in [2.75, 3.05) is 6.61 Å². The molecule has 2 aliphatic heterocycles. The molecular formula is C23H24ClF2N3O2. The molecule has 2 heterocycles. The summed E-state index contributed by atoms with van der Waals surface area (Å²) in [6.45, 7) is 4.30. The quantitative estimate of drug-likeness (QED) is 0.746. The van der Waals surface area contributed by atoms with Crippen molar-refractivity contribution in [3.05, 3.63) is 58.6 Å². The minimum absolute atomic E-state index is 0.0416. The fourth-order valence-corrected chi connectivity index (χ4v) is 4.91. The number of amides is 1. The van der Waals surface area contributed by atoms with Gasteiger partial charge in [-0.2, -0.15) is 0 Å². The Bertz CT molecular complexity index is 1060. The normalized spacial score (nSPS) is 26.7. The van der Waals surface area contributed by atoms with Crippen LogP contribution in [0.25, 0.3) is 11.1 Å². The molecule has 1 fully saturated rings. The summed E-state index contributed by atoms with van der Waals surface area (Å²) in [7, 11) is 0. The highest BCUT2D eigenvalue weighted by molar-refractivity contribution is 6.34. The third-order valence-corrected chi connectivity index (χ3v) is 6.42. The number of nitrogens with zero attached hydrogens (tertiary/aromatic N) is 2. The lowest BCUT2D eigenvalue weighted by Crippen LogP contribution is -2.56. The van der Waals surface area contributed by atoms with Crippen LogP contribution < -0.4 is 5.73 Å². The number of carbonyl (C=O) groups excluding carboxylic acids is 1. The Balaban J connectivity index is 1.73. The van der Waals surface area contributed by atoms with E-state index in [9.17, 15) is 13.6 Å². The zero-order valence-corrected chi connectivity index (χ0v) is 18.1. The van der Waals surface area contributed by atoms with Gasteiger partial charge in [-0.1, -0.05) is 41.9 Å². The number of nitrogens with two attached hydrogens (primary N) is 1. The predicted octanol–water partition coefficient (Wildman–Crippen LogP) is 4.61. The number of aliphatic imine (C=N–C) groups is 1. The van der Waals surface area contributed by atoms with E-state index in [1.807, 2.05) is 6.92 Å². The van der Waals surface area contributed by atoms with E-state index in [1.165, 1.54) is 12.1 Å². The van der Waals surface area contributed by atoms with Gasteiger partial charge in [0, 0.05) is 23.8 Å². The van der Waals surface area contributed by atoms with Crippen LogP contribution >= 0.6 is 11.6 Å². The molecule has 3 atom stereocenters. The molecule has 0 aromatic heterocycles. The fraction of sp³-hybridized carbons (Fsp3) is 0.391. The maximum absolute atomic E-state index is 14.4. The van der Waals surface area contributed by atoms with Crippen LogP contribution in [0.5, 0.6) is 0 Å². The van der Waals surface area contributed by atoms with E-state index >= 15 is 0 Å². The van der Waals surface area contributed by atoms with Crippen molar-refractivity contribution in [3.8, 4) is 11.1 Å². The lowest BCUT2D eigenvalue weighted by atomic mass is 9.85. The first-order chi connectivity index (χ1) is 14.7. The van der Waals surface area contributed by atoms with Crippen LogP contribution in [0.15, 0.2) is 41.4 Å². The SMILES string of the molecule is C[C@H]1C[C@@H](N2C(=O)C[C@@](C)(c3cccc(-c4cccc(F)c4F)c3Cl)N=C2N)CCO1. The van der Waals surface area contributed by atoms with E-state index in [0.29, 0.717) is 30.6 Å². The molecule has 0 unspecified atom stereocenters. The van der Waals surface area contributed by atoms with Crippen LogP contribution in [0, 0.1) is 11.6 Å². The minimum Gasteiger partial charge on any atom is -0.378 e. The first-order valence-corrected chi connectivity index (χ1v) is 10.6. The third kappa shape index (κ3) is 3.92. The summed E-state index contributed by atoms with van der Waals surface area (Å²) in [5, 5.41) is 0.215. The first kappa shape index (κ1) is 21.7. The first-order valence-electron chi connectivity index (χ1n) is 10.2. The number of hydrogen-bond donors (Lipinski definition) is 1. The highest BCUT2D eigenvalue weighted by Gasteiger charge is 2.42. The van der Waals surface area contributed by atoms with Crippen molar-refractivity contribution in [3.63, 3.8) is 0 Å². The summed E-state index contributed by atoms with van der Waals surface area (Å²) in [5.41, 5.74) is 6.16. The molecule has 2 aromatic carbocycles. The number of hydrogen-bond acceptors (Lipinski definition) is 4. The van der Waals surface area contributed by atoms with Crippen molar-refractivity contribution in [1.82, 2.24) is 4.90 Å². The van der Waals surface area contributed by atoms with E-state index in [1.54, 1.807) is 30.0 Å². The molecule has 0 radical (unpaired) electrons. The van der Waals surface area contributed by atoms with Crippen LogP contribution in [-0.4, -0.2) is 35.5 Å². The van der Waals surface area contributed by atoms with Crippen LogP contribution in [-0.2, 0) is 15.1 Å². The topological polar surface area (TPSA) is 67.9 Å². The maximum Gasteiger partial charge on any atom is 0.232 e. The molecule has 0 saturated carbocycles. The van der Waals surface area contributed by atoms with Gasteiger partial charge in [-0.15, -0.1) is 0 Å². The van der Waals surface area contributed by atoms with Crippen molar-refractivity contribution < 1.29 is 18.3 Å². The molecule has 1 saturated heterocycles. The second-order valence-corrected chi connectivity index (χ2v) is 8.69. The Hall–Kier alpha value is -2.51. The molecule has 0 bridgehead atoms. The highest BCUT2D eigenvalue weighted by atomic mass is 35.5. The number of carbonyl (C=O) groups is 1. The summed E-state index contributed by atoms with van der Waals surface area (Å²) < 4.78 is 33.7. The van der Waals surface area contributed by atoms with Gasteiger partial charge in [-0.05, 0) is 38.3 Å². The largest absolute Gasteiger partial charge is 0.378 e. The minimum atomic E-state index is -1.02. The third-order valence-electron chi connectivity index (χ3n) is 6.02. The summed E-state index contributed by atoms with van der Waals surface area (Å²) in [4.78, 5) is 19.4. The molecule has 31 heavy (non-hydrogen) atoms. The Morgan fingerprint density at radius 3 is 2.65 bits per heavy atom. The Kier molecular flexibility index (Phi) is 5.75.